The van der Waals surface area contributed by atoms with Crippen LogP contribution in [0.15, 0.2) is 15.9 Å². The van der Waals surface area contributed by atoms with Gasteiger partial charge >= 0.3 is 0 Å². The first kappa shape index (κ1) is 11.2. The van der Waals surface area contributed by atoms with Crippen molar-refractivity contribution in [2.24, 2.45) is 0 Å². The molecule has 0 bridgehead atoms. The molecule has 0 atom stereocenters. The highest BCUT2D eigenvalue weighted by molar-refractivity contribution is 9.10. The fourth-order valence-electron chi connectivity index (χ4n) is 0.730. The van der Waals surface area contributed by atoms with Crippen molar-refractivity contribution >= 4 is 37.3 Å². The molecule has 1 rings (SSSR count). The van der Waals surface area contributed by atoms with Gasteiger partial charge in [-0.15, -0.1) is 11.3 Å². The van der Waals surface area contributed by atoms with Crippen molar-refractivity contribution in [1.82, 2.24) is 4.72 Å². The van der Waals surface area contributed by atoms with Gasteiger partial charge in [-0.1, -0.05) is 0 Å². The Balaban J connectivity index is 2.53. The van der Waals surface area contributed by atoms with Gasteiger partial charge in [0.1, 0.15) is 0 Å². The van der Waals surface area contributed by atoms with E-state index in [9.17, 15) is 8.42 Å². The summed E-state index contributed by atoms with van der Waals surface area (Å²) in [6.07, 6.45) is 0. The molecule has 0 unspecified atom stereocenters. The van der Waals surface area contributed by atoms with Gasteiger partial charge in [-0.2, -0.15) is 0 Å². The molecule has 0 amide bonds. The first-order chi connectivity index (χ1) is 6.03. The van der Waals surface area contributed by atoms with Gasteiger partial charge in [0, 0.05) is 21.3 Å². The average molecular weight is 284 g/mol. The van der Waals surface area contributed by atoms with Crippen LogP contribution in [0.25, 0.3) is 0 Å². The lowest BCUT2D eigenvalue weighted by Gasteiger charge is -2.00. The summed E-state index contributed by atoms with van der Waals surface area (Å²) in [4.78, 5) is 1.00. The standard InChI is InChI=1S/C7H10BrNO2S2/c1-2-13(10,11)9-4-7-3-6(8)5-12-7/h3,5,9H,2,4H2,1H3. The molecule has 3 nitrogen and oxygen atoms in total. The monoisotopic (exact) mass is 283 g/mol. The average Bonchev–Trinajstić information content (AvgIpc) is 2.48. The van der Waals surface area contributed by atoms with E-state index in [2.05, 4.69) is 20.7 Å². The fraction of sp³-hybridized carbons (Fsp3) is 0.429. The summed E-state index contributed by atoms with van der Waals surface area (Å²) in [6, 6.07) is 1.91. The normalized spacial score (nSPS) is 11.8. The van der Waals surface area contributed by atoms with Crippen molar-refractivity contribution < 1.29 is 8.42 Å². The molecule has 6 heteroatoms. The Bertz CT molecular complexity index is 372. The van der Waals surface area contributed by atoms with Gasteiger partial charge in [0.2, 0.25) is 10.0 Å². The molecular weight excluding hydrogens is 274 g/mol. The molecule has 74 valence electrons. The summed E-state index contributed by atoms with van der Waals surface area (Å²) < 4.78 is 25.6. The number of hydrogen-bond acceptors (Lipinski definition) is 3. The number of sulfonamides is 1. The molecular formula is C7H10BrNO2S2. The highest BCUT2D eigenvalue weighted by Gasteiger charge is 2.06. The van der Waals surface area contributed by atoms with E-state index in [-0.39, 0.29) is 5.75 Å². The third-order valence-corrected chi connectivity index (χ3v) is 4.51. The second-order valence-corrected chi connectivity index (χ2v) is 6.46. The highest BCUT2D eigenvalue weighted by atomic mass is 79.9. The molecule has 0 aliphatic heterocycles. The molecule has 0 aliphatic rings. The predicted octanol–water partition coefficient (Wildman–Crippen LogP) is 1.95. The zero-order valence-corrected chi connectivity index (χ0v) is 10.3. The minimum Gasteiger partial charge on any atom is -0.212 e. The summed E-state index contributed by atoms with van der Waals surface area (Å²) in [6.45, 7) is 2.00. The minimum atomic E-state index is -3.07. The molecule has 0 saturated carbocycles. The van der Waals surface area contributed by atoms with Crippen molar-refractivity contribution in [3.8, 4) is 0 Å². The molecule has 1 N–H and O–H groups in total. The van der Waals surface area contributed by atoms with Crippen LogP contribution in [0.2, 0.25) is 0 Å². The second-order valence-electron chi connectivity index (χ2n) is 2.46. The quantitative estimate of drug-likeness (QED) is 0.918. The lowest BCUT2D eigenvalue weighted by atomic mass is 10.5. The van der Waals surface area contributed by atoms with Crippen molar-refractivity contribution in [2.45, 2.75) is 13.5 Å². The molecule has 1 aromatic rings. The number of rotatable bonds is 4. The number of nitrogens with one attached hydrogen (secondary N) is 1. The van der Waals surface area contributed by atoms with E-state index in [1.54, 1.807) is 6.92 Å². The Morgan fingerprint density at radius 2 is 2.31 bits per heavy atom. The van der Waals surface area contributed by atoms with Crippen molar-refractivity contribution in [1.29, 1.82) is 0 Å². The largest absolute Gasteiger partial charge is 0.212 e. The van der Waals surface area contributed by atoms with Crippen LogP contribution < -0.4 is 4.72 Å². The van der Waals surface area contributed by atoms with E-state index in [4.69, 9.17) is 0 Å². The smallest absolute Gasteiger partial charge is 0.211 e. The molecule has 0 radical (unpaired) electrons. The Hall–Kier alpha value is 0.0900. The molecule has 1 heterocycles. The van der Waals surface area contributed by atoms with Crippen LogP contribution in [0.3, 0.4) is 0 Å². The molecule has 0 spiro atoms. The topological polar surface area (TPSA) is 46.2 Å². The summed E-state index contributed by atoms with van der Waals surface area (Å²) >= 11 is 4.83. The SMILES string of the molecule is CCS(=O)(=O)NCc1cc(Br)cs1. The summed E-state index contributed by atoms with van der Waals surface area (Å²) in [5.41, 5.74) is 0. The molecule has 0 aromatic carbocycles. The number of thiophene rings is 1. The van der Waals surface area contributed by atoms with E-state index >= 15 is 0 Å². The van der Waals surface area contributed by atoms with Gasteiger partial charge in [-0.3, -0.25) is 0 Å². The molecule has 0 fully saturated rings. The summed E-state index contributed by atoms with van der Waals surface area (Å²) in [5.74, 6) is 0.125. The van der Waals surface area contributed by atoms with Gasteiger partial charge in [-0.05, 0) is 28.9 Å². The van der Waals surface area contributed by atoms with Crippen LogP contribution in [-0.2, 0) is 16.6 Å². The van der Waals surface area contributed by atoms with Gasteiger partial charge in [0.15, 0.2) is 0 Å². The zero-order valence-electron chi connectivity index (χ0n) is 7.08. The third-order valence-electron chi connectivity index (χ3n) is 1.47. The minimum absolute atomic E-state index is 0.125. The van der Waals surface area contributed by atoms with Crippen LogP contribution in [0.1, 0.15) is 11.8 Å². The van der Waals surface area contributed by atoms with E-state index in [0.29, 0.717) is 6.54 Å². The van der Waals surface area contributed by atoms with E-state index in [1.807, 2.05) is 11.4 Å². The van der Waals surface area contributed by atoms with Crippen LogP contribution in [0.5, 0.6) is 0 Å². The maximum Gasteiger partial charge on any atom is 0.211 e. The van der Waals surface area contributed by atoms with Crippen molar-refractivity contribution in [3.05, 3.63) is 20.8 Å². The molecule has 0 aliphatic carbocycles. The van der Waals surface area contributed by atoms with Crippen LogP contribution in [0, 0.1) is 0 Å². The maximum atomic E-state index is 11.1. The second kappa shape index (κ2) is 4.54. The van der Waals surface area contributed by atoms with Crippen LogP contribution >= 0.6 is 27.3 Å². The van der Waals surface area contributed by atoms with Crippen molar-refractivity contribution in [3.63, 3.8) is 0 Å². The maximum absolute atomic E-state index is 11.1. The van der Waals surface area contributed by atoms with Gasteiger partial charge in [-0.25, -0.2) is 13.1 Å². The van der Waals surface area contributed by atoms with E-state index < -0.39 is 10.0 Å². The first-order valence-corrected chi connectivity index (χ1v) is 7.06. The van der Waals surface area contributed by atoms with Gasteiger partial charge in [0.25, 0.3) is 0 Å². The number of hydrogen-bond donors (Lipinski definition) is 1. The Morgan fingerprint density at radius 1 is 1.62 bits per heavy atom. The third kappa shape index (κ3) is 3.76. The highest BCUT2D eigenvalue weighted by Crippen LogP contribution is 2.19. The van der Waals surface area contributed by atoms with Gasteiger partial charge < -0.3 is 0 Å². The zero-order chi connectivity index (χ0) is 9.90. The van der Waals surface area contributed by atoms with Crippen molar-refractivity contribution in [2.75, 3.05) is 5.75 Å². The summed E-state index contributed by atoms with van der Waals surface area (Å²) in [5, 5.41) is 1.93. The predicted molar refractivity (Wildman–Crippen MR) is 58.3 cm³/mol. The lowest BCUT2D eigenvalue weighted by Crippen LogP contribution is -2.24. The lowest BCUT2D eigenvalue weighted by molar-refractivity contribution is 0.583. The van der Waals surface area contributed by atoms with E-state index in [1.165, 1.54) is 11.3 Å². The number of halogens is 1. The van der Waals surface area contributed by atoms with Crippen LogP contribution in [0.4, 0.5) is 0 Å². The Morgan fingerprint density at radius 3 is 2.77 bits per heavy atom. The van der Waals surface area contributed by atoms with E-state index in [0.717, 1.165) is 9.35 Å². The molecule has 1 aromatic heterocycles. The molecule has 0 saturated heterocycles. The first-order valence-electron chi connectivity index (χ1n) is 3.74. The Labute approximate surface area is 90.3 Å². The van der Waals surface area contributed by atoms with Gasteiger partial charge in [0.05, 0.1) is 5.75 Å². The fourth-order valence-corrected chi connectivity index (χ4v) is 2.79. The molecule has 13 heavy (non-hydrogen) atoms. The summed E-state index contributed by atoms with van der Waals surface area (Å²) in [7, 11) is -3.07. The Kier molecular flexibility index (Phi) is 3.90. The van der Waals surface area contributed by atoms with Crippen LogP contribution in [-0.4, -0.2) is 14.2 Å².